The third-order valence-electron chi connectivity index (χ3n) is 3.09. The molecule has 0 fully saturated rings. The van der Waals surface area contributed by atoms with Crippen LogP contribution in [0.4, 0.5) is 0 Å². The molecule has 3 rings (SSSR count). The van der Waals surface area contributed by atoms with Crippen molar-refractivity contribution in [3.63, 3.8) is 0 Å². The van der Waals surface area contributed by atoms with E-state index >= 15 is 0 Å². The molecule has 0 spiro atoms. The monoisotopic (exact) mass is 347 g/mol. The number of aryl methyl sites for hydroxylation is 1. The Hall–Kier alpha value is -2.05. The number of aromatic nitrogens is 3. The average molecular weight is 348 g/mol. The van der Waals surface area contributed by atoms with Crippen LogP contribution in [0.25, 0.3) is 11.4 Å². The molecule has 0 aliphatic heterocycles. The first-order valence-corrected chi connectivity index (χ1v) is 8.80. The van der Waals surface area contributed by atoms with Crippen molar-refractivity contribution in [1.82, 2.24) is 15.0 Å². The first-order valence-electron chi connectivity index (χ1n) is 6.93. The molecule has 0 radical (unpaired) electrons. The van der Waals surface area contributed by atoms with E-state index in [-0.39, 0.29) is 5.75 Å². The topological polar surface area (TPSA) is 68.9 Å². The minimum absolute atomic E-state index is 0.284. The largest absolute Gasteiger partial charge is 0.445 e. The van der Waals surface area contributed by atoms with Crippen LogP contribution in [0.5, 0.6) is 0 Å². The molecule has 1 atom stereocenters. The van der Waals surface area contributed by atoms with Gasteiger partial charge in [-0.05, 0) is 31.2 Å². The van der Waals surface area contributed by atoms with Crippen molar-refractivity contribution in [3.8, 4) is 11.4 Å². The van der Waals surface area contributed by atoms with Crippen LogP contribution in [-0.2, 0) is 22.3 Å². The summed E-state index contributed by atoms with van der Waals surface area (Å²) < 4.78 is 17.5. The SMILES string of the molecule is Cc1cnc(C[S@](=O)Cc2cnc(-c3ccc(Cl)cc3)nc2)o1. The maximum atomic E-state index is 12.1. The van der Waals surface area contributed by atoms with E-state index in [0.717, 1.165) is 11.1 Å². The van der Waals surface area contributed by atoms with Gasteiger partial charge in [0.25, 0.3) is 0 Å². The van der Waals surface area contributed by atoms with Gasteiger partial charge in [0.1, 0.15) is 11.5 Å². The third kappa shape index (κ3) is 4.24. The number of nitrogens with zero attached hydrogens (tertiary/aromatic N) is 3. The zero-order valence-corrected chi connectivity index (χ0v) is 14.0. The van der Waals surface area contributed by atoms with Gasteiger partial charge in [0.05, 0.1) is 11.9 Å². The average Bonchev–Trinajstić information content (AvgIpc) is 2.94. The minimum Gasteiger partial charge on any atom is -0.445 e. The highest BCUT2D eigenvalue weighted by Crippen LogP contribution is 2.18. The maximum Gasteiger partial charge on any atom is 0.206 e. The van der Waals surface area contributed by atoms with Gasteiger partial charge in [-0.2, -0.15) is 0 Å². The predicted molar refractivity (Wildman–Crippen MR) is 89.3 cm³/mol. The Bertz CT molecular complexity index is 816. The summed E-state index contributed by atoms with van der Waals surface area (Å²) in [7, 11) is -1.12. The van der Waals surface area contributed by atoms with Gasteiger partial charge in [-0.1, -0.05) is 11.6 Å². The summed E-state index contributed by atoms with van der Waals surface area (Å²) in [6, 6.07) is 7.31. The van der Waals surface area contributed by atoms with E-state index < -0.39 is 10.8 Å². The highest BCUT2D eigenvalue weighted by Gasteiger charge is 2.09. The molecule has 0 bridgehead atoms. The predicted octanol–water partition coefficient (Wildman–Crippen LogP) is 3.54. The lowest BCUT2D eigenvalue weighted by atomic mass is 10.2. The van der Waals surface area contributed by atoms with E-state index in [1.54, 1.807) is 30.7 Å². The van der Waals surface area contributed by atoms with Crippen LogP contribution >= 0.6 is 11.6 Å². The van der Waals surface area contributed by atoms with Gasteiger partial charge in [0.15, 0.2) is 5.82 Å². The summed E-state index contributed by atoms with van der Waals surface area (Å²) in [6.07, 6.45) is 5.00. The molecule has 0 saturated heterocycles. The number of hydrogen-bond donors (Lipinski definition) is 0. The number of oxazole rings is 1. The van der Waals surface area contributed by atoms with Crippen molar-refractivity contribution >= 4 is 22.4 Å². The zero-order valence-electron chi connectivity index (χ0n) is 12.4. The van der Waals surface area contributed by atoms with E-state index in [1.165, 1.54) is 0 Å². The normalized spacial score (nSPS) is 12.3. The van der Waals surface area contributed by atoms with Gasteiger partial charge < -0.3 is 4.42 Å². The van der Waals surface area contributed by atoms with Crippen LogP contribution in [0.3, 0.4) is 0 Å². The quantitative estimate of drug-likeness (QED) is 0.706. The Kier molecular flexibility index (Phi) is 4.83. The summed E-state index contributed by atoms with van der Waals surface area (Å²) in [5.41, 5.74) is 1.70. The van der Waals surface area contributed by atoms with Gasteiger partial charge in [0, 0.05) is 39.3 Å². The molecule has 1 aromatic carbocycles. The summed E-state index contributed by atoms with van der Waals surface area (Å²) in [4.78, 5) is 12.7. The Morgan fingerprint density at radius 2 is 1.74 bits per heavy atom. The van der Waals surface area contributed by atoms with Gasteiger partial charge in [-0.15, -0.1) is 0 Å². The fourth-order valence-electron chi connectivity index (χ4n) is 2.02. The van der Waals surface area contributed by atoms with Crippen molar-refractivity contribution < 1.29 is 8.63 Å². The molecule has 118 valence electrons. The van der Waals surface area contributed by atoms with Crippen molar-refractivity contribution in [1.29, 1.82) is 0 Å². The molecule has 0 saturated carbocycles. The van der Waals surface area contributed by atoms with E-state index in [2.05, 4.69) is 15.0 Å². The Morgan fingerprint density at radius 3 is 2.35 bits per heavy atom. The number of benzene rings is 1. The molecule has 0 aliphatic rings. The molecule has 23 heavy (non-hydrogen) atoms. The second kappa shape index (κ2) is 7.02. The lowest BCUT2D eigenvalue weighted by Gasteiger charge is -2.03. The standard InChI is InChI=1S/C16H14ClN3O2S/c1-11-6-18-15(22-11)10-23(21)9-12-7-19-16(20-8-12)13-2-4-14(17)5-3-13/h2-8H,9-10H2,1H3/t23-/m1/s1. The summed E-state index contributed by atoms with van der Waals surface area (Å²) >= 11 is 5.86. The van der Waals surface area contributed by atoms with Crippen LogP contribution in [0.15, 0.2) is 47.3 Å². The molecule has 2 heterocycles. The van der Waals surface area contributed by atoms with Crippen LogP contribution in [0, 0.1) is 6.92 Å². The Morgan fingerprint density at radius 1 is 1.04 bits per heavy atom. The second-order valence-electron chi connectivity index (χ2n) is 5.01. The number of hydrogen-bond acceptors (Lipinski definition) is 5. The van der Waals surface area contributed by atoms with Crippen molar-refractivity contribution in [2.75, 3.05) is 0 Å². The third-order valence-corrected chi connectivity index (χ3v) is 4.57. The fourth-order valence-corrected chi connectivity index (χ4v) is 3.18. The lowest BCUT2D eigenvalue weighted by Crippen LogP contribution is -2.01. The molecule has 0 unspecified atom stereocenters. The van der Waals surface area contributed by atoms with E-state index in [0.29, 0.717) is 28.3 Å². The second-order valence-corrected chi connectivity index (χ2v) is 6.91. The first-order chi connectivity index (χ1) is 11.1. The summed E-state index contributed by atoms with van der Waals surface area (Å²) in [6.45, 7) is 1.81. The van der Waals surface area contributed by atoms with Crippen LogP contribution in [-0.4, -0.2) is 19.2 Å². The minimum atomic E-state index is -1.12. The molecular formula is C16H14ClN3O2S. The molecule has 0 amide bonds. The molecular weight excluding hydrogens is 334 g/mol. The van der Waals surface area contributed by atoms with Gasteiger partial charge >= 0.3 is 0 Å². The molecule has 7 heteroatoms. The fraction of sp³-hybridized carbons (Fsp3) is 0.188. The van der Waals surface area contributed by atoms with Crippen molar-refractivity contribution in [3.05, 3.63) is 65.1 Å². The Labute approximate surface area is 141 Å². The van der Waals surface area contributed by atoms with E-state index in [1.807, 2.05) is 19.1 Å². The highest BCUT2D eigenvalue weighted by molar-refractivity contribution is 7.83. The van der Waals surface area contributed by atoms with Gasteiger partial charge in [-0.25, -0.2) is 15.0 Å². The molecule has 0 N–H and O–H groups in total. The van der Waals surface area contributed by atoms with Crippen molar-refractivity contribution in [2.24, 2.45) is 0 Å². The molecule has 0 aliphatic carbocycles. The van der Waals surface area contributed by atoms with Gasteiger partial charge in [-0.3, -0.25) is 4.21 Å². The number of rotatable bonds is 5. The van der Waals surface area contributed by atoms with Crippen LogP contribution < -0.4 is 0 Å². The smallest absolute Gasteiger partial charge is 0.206 e. The van der Waals surface area contributed by atoms with Crippen LogP contribution in [0.2, 0.25) is 5.02 Å². The van der Waals surface area contributed by atoms with E-state index in [9.17, 15) is 4.21 Å². The summed E-state index contributed by atoms with van der Waals surface area (Å²) in [5.74, 6) is 2.46. The lowest BCUT2D eigenvalue weighted by molar-refractivity contribution is 0.488. The number of halogens is 1. The molecule has 2 aromatic heterocycles. The Balaban J connectivity index is 1.65. The molecule has 5 nitrogen and oxygen atoms in total. The van der Waals surface area contributed by atoms with Gasteiger partial charge in [0.2, 0.25) is 5.89 Å². The first kappa shape index (κ1) is 15.8. The molecule has 3 aromatic rings. The van der Waals surface area contributed by atoms with Crippen LogP contribution in [0.1, 0.15) is 17.2 Å². The van der Waals surface area contributed by atoms with E-state index in [4.69, 9.17) is 16.0 Å². The highest BCUT2D eigenvalue weighted by atomic mass is 35.5. The van der Waals surface area contributed by atoms with Crippen molar-refractivity contribution in [2.45, 2.75) is 18.4 Å². The maximum absolute atomic E-state index is 12.1. The zero-order chi connectivity index (χ0) is 16.2. The summed E-state index contributed by atoms with van der Waals surface area (Å²) in [5, 5.41) is 0.669.